The summed E-state index contributed by atoms with van der Waals surface area (Å²) in [4.78, 5) is 0.678. The van der Waals surface area contributed by atoms with Crippen molar-refractivity contribution in [1.29, 1.82) is 0 Å². The van der Waals surface area contributed by atoms with Crippen LogP contribution in [0.4, 0.5) is 0 Å². The van der Waals surface area contributed by atoms with E-state index in [1.807, 2.05) is 25.1 Å². The molecule has 0 saturated carbocycles. The molecule has 2 nitrogen and oxygen atoms in total. The first-order valence-corrected chi connectivity index (χ1v) is 7.21. The lowest BCUT2D eigenvalue weighted by molar-refractivity contribution is 0.881. The highest BCUT2D eigenvalue weighted by atomic mass is 79.9. The first-order valence-electron chi connectivity index (χ1n) is 4.81. The lowest BCUT2D eigenvalue weighted by Gasteiger charge is -2.27. The van der Waals surface area contributed by atoms with Gasteiger partial charge in [-0.15, -0.1) is 0 Å². The third-order valence-electron chi connectivity index (χ3n) is 2.36. The Balaban J connectivity index is 3.32. The zero-order valence-electron chi connectivity index (χ0n) is 9.17. The van der Waals surface area contributed by atoms with Gasteiger partial charge in [0.15, 0.2) is 0 Å². The number of alkyl halides is 1. The van der Waals surface area contributed by atoms with E-state index in [1.54, 1.807) is 0 Å². The molecule has 0 saturated heterocycles. The van der Waals surface area contributed by atoms with E-state index in [4.69, 9.17) is 35.9 Å². The predicted molar refractivity (Wildman–Crippen MR) is 87.7 cm³/mol. The Bertz CT molecular complexity index is 477. The fourth-order valence-corrected chi connectivity index (χ4v) is 3.83. The monoisotopic (exact) mass is 394 g/mol. The van der Waals surface area contributed by atoms with Gasteiger partial charge < -0.3 is 11.5 Å². The fraction of sp³-hybridized carbons (Fsp3) is 0.273. The normalized spacial score (nSPS) is 14.1. The van der Waals surface area contributed by atoms with Crippen LogP contribution in [0.15, 0.2) is 22.7 Å². The molecule has 0 spiro atoms. The van der Waals surface area contributed by atoms with Gasteiger partial charge in [0.25, 0.3) is 0 Å². The topological polar surface area (TPSA) is 52.0 Å². The van der Waals surface area contributed by atoms with Crippen molar-refractivity contribution in [2.24, 2.45) is 11.5 Å². The Morgan fingerprint density at radius 3 is 2.35 bits per heavy atom. The molecule has 0 amide bonds. The van der Waals surface area contributed by atoms with Gasteiger partial charge in [-0.3, -0.25) is 0 Å². The van der Waals surface area contributed by atoms with Gasteiger partial charge in [-0.25, -0.2) is 0 Å². The van der Waals surface area contributed by atoms with E-state index in [9.17, 15) is 0 Å². The minimum absolute atomic E-state index is 0.315. The number of halogens is 2. The number of hydrogen-bond donors (Lipinski definition) is 2. The summed E-state index contributed by atoms with van der Waals surface area (Å²) < 4.78 is 0.235. The third kappa shape index (κ3) is 3.47. The van der Waals surface area contributed by atoms with Crippen LogP contribution in [0.3, 0.4) is 0 Å². The summed E-state index contributed by atoms with van der Waals surface area (Å²) in [5, 5.41) is 0. The van der Waals surface area contributed by atoms with E-state index in [2.05, 4.69) is 31.9 Å². The number of benzene rings is 1. The van der Waals surface area contributed by atoms with Gasteiger partial charge >= 0.3 is 0 Å². The molecule has 0 heterocycles. The van der Waals surface area contributed by atoms with E-state index < -0.39 is 4.32 Å². The number of hydrogen-bond acceptors (Lipinski definition) is 2. The molecule has 1 aromatic rings. The van der Waals surface area contributed by atoms with Crippen LogP contribution in [-0.2, 0) is 4.32 Å². The molecule has 6 heteroatoms. The molecule has 0 aliphatic heterocycles. The Morgan fingerprint density at radius 2 is 1.94 bits per heavy atom. The maximum atomic E-state index is 5.81. The predicted octanol–water partition coefficient (Wildman–Crippen LogP) is 3.31. The first kappa shape index (κ1) is 15.0. The van der Waals surface area contributed by atoms with Crippen LogP contribution in [0.2, 0.25) is 0 Å². The minimum atomic E-state index is -0.694. The van der Waals surface area contributed by atoms with Crippen LogP contribution in [0.5, 0.6) is 0 Å². The zero-order valence-corrected chi connectivity index (χ0v) is 14.0. The Morgan fingerprint density at radius 1 is 1.35 bits per heavy atom. The molecule has 1 atom stereocenters. The summed E-state index contributed by atoms with van der Waals surface area (Å²) in [7, 11) is 0. The van der Waals surface area contributed by atoms with Gasteiger partial charge in [0.05, 0.1) is 9.98 Å². The molecule has 0 bridgehead atoms. The van der Waals surface area contributed by atoms with Gasteiger partial charge in [-0.2, -0.15) is 0 Å². The van der Waals surface area contributed by atoms with Gasteiger partial charge in [-0.1, -0.05) is 68.4 Å². The van der Waals surface area contributed by atoms with Crippen molar-refractivity contribution >= 4 is 66.3 Å². The van der Waals surface area contributed by atoms with Gasteiger partial charge in [0, 0.05) is 10.9 Å². The van der Waals surface area contributed by atoms with Crippen LogP contribution < -0.4 is 11.5 Å². The number of aryl methyl sites for hydroxylation is 1. The average Bonchev–Trinajstić information content (AvgIpc) is 2.15. The molecule has 17 heavy (non-hydrogen) atoms. The van der Waals surface area contributed by atoms with Gasteiger partial charge in [0.1, 0.15) is 4.32 Å². The highest BCUT2D eigenvalue weighted by Gasteiger charge is 2.35. The highest BCUT2D eigenvalue weighted by molar-refractivity contribution is 9.11. The fourth-order valence-electron chi connectivity index (χ4n) is 1.50. The largest absolute Gasteiger partial charge is 0.393 e. The molecule has 0 radical (unpaired) electrons. The maximum Gasteiger partial charge on any atom is 0.108 e. The molecular weight excluding hydrogens is 384 g/mol. The van der Waals surface area contributed by atoms with Crippen LogP contribution in [0.25, 0.3) is 0 Å². The molecule has 92 valence electrons. The molecule has 0 aliphatic carbocycles. The van der Waals surface area contributed by atoms with Crippen molar-refractivity contribution in [3.63, 3.8) is 0 Å². The Kier molecular flexibility index (Phi) is 5.07. The van der Waals surface area contributed by atoms with Crippen molar-refractivity contribution in [3.8, 4) is 0 Å². The summed E-state index contributed by atoms with van der Waals surface area (Å²) in [5.41, 5.74) is 13.5. The lowest BCUT2D eigenvalue weighted by atomic mass is 9.94. The first-order chi connectivity index (χ1) is 7.77. The molecule has 4 N–H and O–H groups in total. The molecule has 0 aliphatic rings. The Hall–Kier alpha value is -0.0400. The molecule has 0 fully saturated rings. The molecule has 0 aromatic heterocycles. The lowest BCUT2D eigenvalue weighted by Crippen LogP contribution is -2.37. The third-order valence-corrected chi connectivity index (χ3v) is 4.91. The minimum Gasteiger partial charge on any atom is -0.393 e. The Labute approximate surface area is 128 Å². The quantitative estimate of drug-likeness (QED) is 0.606. The maximum absolute atomic E-state index is 5.81. The van der Waals surface area contributed by atoms with Crippen LogP contribution in [0, 0.1) is 6.92 Å². The highest BCUT2D eigenvalue weighted by Crippen LogP contribution is 2.39. The van der Waals surface area contributed by atoms with E-state index >= 15 is 0 Å². The molecule has 1 aromatic carbocycles. The molecule has 1 rings (SSSR count). The molecular formula is C11H12Br2N2S2. The number of rotatable bonds is 4. The SMILES string of the molecule is Cc1ccc(C(Br)(CC(N)=S)C(N)=S)c(Br)c1. The summed E-state index contributed by atoms with van der Waals surface area (Å²) >= 11 is 17.1. The van der Waals surface area contributed by atoms with Crippen LogP contribution >= 0.6 is 56.3 Å². The summed E-state index contributed by atoms with van der Waals surface area (Å²) in [6, 6.07) is 5.96. The van der Waals surface area contributed by atoms with E-state index in [0.717, 1.165) is 15.6 Å². The van der Waals surface area contributed by atoms with Crippen molar-refractivity contribution in [2.45, 2.75) is 17.7 Å². The average molecular weight is 396 g/mol. The second-order valence-electron chi connectivity index (χ2n) is 3.79. The van der Waals surface area contributed by atoms with E-state index in [0.29, 0.717) is 16.4 Å². The number of nitrogens with two attached hydrogens (primary N) is 2. The van der Waals surface area contributed by atoms with Crippen molar-refractivity contribution in [2.75, 3.05) is 0 Å². The van der Waals surface area contributed by atoms with Crippen molar-refractivity contribution in [3.05, 3.63) is 33.8 Å². The smallest absolute Gasteiger partial charge is 0.108 e. The van der Waals surface area contributed by atoms with Crippen molar-refractivity contribution in [1.82, 2.24) is 0 Å². The number of thiocarbonyl (C=S) groups is 2. The van der Waals surface area contributed by atoms with Crippen LogP contribution in [-0.4, -0.2) is 9.98 Å². The van der Waals surface area contributed by atoms with E-state index in [1.165, 1.54) is 0 Å². The van der Waals surface area contributed by atoms with Gasteiger partial charge in [-0.05, 0) is 24.1 Å². The van der Waals surface area contributed by atoms with Gasteiger partial charge in [0.2, 0.25) is 0 Å². The second kappa shape index (κ2) is 5.73. The van der Waals surface area contributed by atoms with Crippen LogP contribution in [0.1, 0.15) is 17.5 Å². The summed E-state index contributed by atoms with van der Waals surface area (Å²) in [6.45, 7) is 2.01. The summed E-state index contributed by atoms with van der Waals surface area (Å²) in [5.74, 6) is 0. The molecule has 1 unspecified atom stereocenters. The van der Waals surface area contributed by atoms with Crippen molar-refractivity contribution < 1.29 is 0 Å². The van der Waals surface area contributed by atoms with E-state index in [-0.39, 0.29) is 0 Å². The summed E-state index contributed by atoms with van der Waals surface area (Å²) in [6.07, 6.45) is 0.388. The second-order valence-corrected chi connectivity index (χ2v) is 6.96. The zero-order chi connectivity index (χ0) is 13.2. The standard InChI is InChI=1S/C11H12Br2N2S2/c1-6-2-3-7(8(12)4-6)11(13,10(15)17)5-9(14)16/h2-4H,5H2,1H3,(H2,14,16)(H2,15,17).